The Balaban J connectivity index is 2.63. The number of carbonyl (C=O) groups is 2. The van der Waals surface area contributed by atoms with Crippen molar-refractivity contribution in [3.05, 3.63) is 36.0 Å². The van der Waals surface area contributed by atoms with Crippen LogP contribution in [-0.2, 0) is 9.59 Å². The van der Waals surface area contributed by atoms with Gasteiger partial charge in [0.25, 0.3) is 0 Å². The van der Waals surface area contributed by atoms with Gasteiger partial charge < -0.3 is 14.7 Å². The maximum atomic E-state index is 11.5. The first-order valence-electron chi connectivity index (χ1n) is 7.58. The predicted octanol–water partition coefficient (Wildman–Crippen LogP) is 2.83. The number of aliphatic carboxylic acids is 1. The second kappa shape index (κ2) is 7.96. The SMILES string of the molecule is CC(C)=CCCC(C)CCC1(C=O)C=CC=CC1C(=O)[O-]. The first-order valence-corrected chi connectivity index (χ1v) is 7.58. The normalized spacial score (nSPS) is 25.4. The second-order valence-electron chi connectivity index (χ2n) is 6.27. The van der Waals surface area contributed by atoms with Crippen LogP contribution in [0.25, 0.3) is 0 Å². The van der Waals surface area contributed by atoms with E-state index in [0.717, 1.165) is 25.5 Å². The Kier molecular flexibility index (Phi) is 6.60. The van der Waals surface area contributed by atoms with Crippen molar-refractivity contribution in [3.63, 3.8) is 0 Å². The molecule has 116 valence electrons. The molecule has 0 saturated heterocycles. The fourth-order valence-electron chi connectivity index (χ4n) is 2.70. The summed E-state index contributed by atoms with van der Waals surface area (Å²) < 4.78 is 0. The Labute approximate surface area is 127 Å². The average molecular weight is 289 g/mol. The van der Waals surface area contributed by atoms with Crippen molar-refractivity contribution in [1.29, 1.82) is 0 Å². The van der Waals surface area contributed by atoms with Gasteiger partial charge in [0.15, 0.2) is 0 Å². The maximum absolute atomic E-state index is 11.5. The lowest BCUT2D eigenvalue weighted by molar-refractivity contribution is -0.312. The van der Waals surface area contributed by atoms with Crippen molar-refractivity contribution in [1.82, 2.24) is 0 Å². The molecule has 0 fully saturated rings. The number of carbonyl (C=O) groups excluding carboxylic acids is 2. The lowest BCUT2D eigenvalue weighted by atomic mass is 9.70. The summed E-state index contributed by atoms with van der Waals surface area (Å²) in [6, 6.07) is 0. The fourth-order valence-corrected chi connectivity index (χ4v) is 2.70. The van der Waals surface area contributed by atoms with Crippen LogP contribution in [0.15, 0.2) is 36.0 Å². The molecule has 0 bridgehead atoms. The van der Waals surface area contributed by atoms with Crippen molar-refractivity contribution in [2.24, 2.45) is 17.3 Å². The van der Waals surface area contributed by atoms with Gasteiger partial charge in [0.2, 0.25) is 0 Å². The third-order valence-corrected chi connectivity index (χ3v) is 4.16. The Bertz CT molecular complexity index is 455. The molecule has 21 heavy (non-hydrogen) atoms. The molecule has 1 aliphatic carbocycles. The monoisotopic (exact) mass is 289 g/mol. The lowest BCUT2D eigenvalue weighted by Gasteiger charge is -2.35. The molecule has 0 aromatic rings. The van der Waals surface area contributed by atoms with Crippen LogP contribution < -0.4 is 5.11 Å². The zero-order valence-electron chi connectivity index (χ0n) is 13.2. The van der Waals surface area contributed by atoms with Crippen LogP contribution in [0.4, 0.5) is 0 Å². The van der Waals surface area contributed by atoms with Gasteiger partial charge in [0.1, 0.15) is 6.29 Å². The molecular weight excluding hydrogens is 264 g/mol. The minimum atomic E-state index is -1.18. The first kappa shape index (κ1) is 17.4. The molecule has 0 saturated carbocycles. The highest BCUT2D eigenvalue weighted by Gasteiger charge is 2.36. The highest BCUT2D eigenvalue weighted by Crippen LogP contribution is 2.37. The quantitative estimate of drug-likeness (QED) is 0.510. The summed E-state index contributed by atoms with van der Waals surface area (Å²) in [4.78, 5) is 22.8. The summed E-state index contributed by atoms with van der Waals surface area (Å²) in [5, 5.41) is 11.3. The highest BCUT2D eigenvalue weighted by molar-refractivity contribution is 5.80. The van der Waals surface area contributed by atoms with Gasteiger partial charge in [-0.1, -0.05) is 42.9 Å². The van der Waals surface area contributed by atoms with E-state index in [-0.39, 0.29) is 0 Å². The summed E-state index contributed by atoms with van der Waals surface area (Å²) >= 11 is 0. The number of allylic oxidation sites excluding steroid dienone is 5. The molecule has 0 amide bonds. The minimum absolute atomic E-state index is 0.458. The number of rotatable bonds is 8. The number of hydrogen-bond acceptors (Lipinski definition) is 3. The van der Waals surface area contributed by atoms with Crippen LogP contribution in [0.5, 0.6) is 0 Å². The number of carboxylic acid groups (broad SMARTS) is 1. The average Bonchev–Trinajstić information content (AvgIpc) is 2.44. The van der Waals surface area contributed by atoms with Crippen LogP contribution in [-0.4, -0.2) is 12.3 Å². The van der Waals surface area contributed by atoms with E-state index in [4.69, 9.17) is 0 Å². The molecule has 1 aliphatic rings. The zero-order valence-corrected chi connectivity index (χ0v) is 13.2. The molecule has 3 nitrogen and oxygen atoms in total. The Morgan fingerprint density at radius 3 is 2.62 bits per heavy atom. The maximum Gasteiger partial charge on any atom is 0.130 e. The molecular formula is C18H25O3-. The summed E-state index contributed by atoms with van der Waals surface area (Å²) in [5.74, 6) is -1.58. The predicted molar refractivity (Wildman–Crippen MR) is 82.3 cm³/mol. The van der Waals surface area contributed by atoms with E-state index in [1.54, 1.807) is 24.3 Å². The molecule has 0 aromatic carbocycles. The Morgan fingerprint density at radius 1 is 1.33 bits per heavy atom. The van der Waals surface area contributed by atoms with Crippen LogP contribution in [0.3, 0.4) is 0 Å². The first-order chi connectivity index (χ1) is 9.91. The summed E-state index contributed by atoms with van der Waals surface area (Å²) in [7, 11) is 0. The van der Waals surface area contributed by atoms with E-state index in [1.165, 1.54) is 5.57 Å². The van der Waals surface area contributed by atoms with E-state index in [2.05, 4.69) is 26.8 Å². The number of carboxylic acids is 1. The standard InChI is InChI=1S/C18H26O3/c1-14(2)7-6-8-15(3)10-12-18(13-19)11-5-4-9-16(18)17(20)21/h4-5,7,9,11,13,15-16H,6,8,10,12H2,1-3H3,(H,20,21)/p-1. The fraction of sp³-hybridized carbons (Fsp3) is 0.556. The van der Waals surface area contributed by atoms with Gasteiger partial charge in [-0.25, -0.2) is 0 Å². The van der Waals surface area contributed by atoms with Gasteiger partial charge >= 0.3 is 0 Å². The van der Waals surface area contributed by atoms with Gasteiger partial charge in [-0.15, -0.1) is 0 Å². The molecule has 3 atom stereocenters. The van der Waals surface area contributed by atoms with Crippen LogP contribution >= 0.6 is 0 Å². The number of aldehydes is 1. The summed E-state index contributed by atoms with van der Waals surface area (Å²) in [6.45, 7) is 6.30. The molecule has 0 heterocycles. The van der Waals surface area contributed by atoms with Crippen LogP contribution in [0.1, 0.15) is 46.5 Å². The third kappa shape index (κ3) is 5.00. The minimum Gasteiger partial charge on any atom is -0.549 e. The second-order valence-corrected chi connectivity index (χ2v) is 6.27. The molecule has 0 aromatic heterocycles. The van der Waals surface area contributed by atoms with Gasteiger partial charge in [0.05, 0.1) is 5.41 Å². The largest absolute Gasteiger partial charge is 0.549 e. The van der Waals surface area contributed by atoms with Crippen molar-refractivity contribution in [2.45, 2.75) is 46.5 Å². The molecule has 0 N–H and O–H groups in total. The molecule has 0 spiro atoms. The van der Waals surface area contributed by atoms with E-state index >= 15 is 0 Å². The molecule has 1 rings (SSSR count). The van der Waals surface area contributed by atoms with E-state index < -0.39 is 17.3 Å². The number of hydrogen-bond donors (Lipinski definition) is 0. The van der Waals surface area contributed by atoms with Crippen LogP contribution in [0.2, 0.25) is 0 Å². The summed E-state index contributed by atoms with van der Waals surface area (Å²) in [5.41, 5.74) is 0.363. The van der Waals surface area contributed by atoms with Gasteiger partial charge in [-0.2, -0.15) is 0 Å². The molecule has 0 aliphatic heterocycles. The van der Waals surface area contributed by atoms with Gasteiger partial charge in [-0.05, 0) is 45.4 Å². The topological polar surface area (TPSA) is 57.2 Å². The summed E-state index contributed by atoms with van der Waals surface area (Å²) in [6.07, 6.45) is 13.1. The lowest BCUT2D eigenvalue weighted by Crippen LogP contribution is -2.43. The van der Waals surface area contributed by atoms with Crippen molar-refractivity contribution < 1.29 is 14.7 Å². The van der Waals surface area contributed by atoms with Crippen molar-refractivity contribution >= 4 is 12.3 Å². The van der Waals surface area contributed by atoms with E-state index in [9.17, 15) is 14.7 Å². The van der Waals surface area contributed by atoms with Gasteiger partial charge in [-0.3, -0.25) is 0 Å². The molecule has 0 radical (unpaired) electrons. The third-order valence-electron chi connectivity index (χ3n) is 4.16. The zero-order chi connectivity index (χ0) is 15.9. The Morgan fingerprint density at radius 2 is 2.05 bits per heavy atom. The smallest absolute Gasteiger partial charge is 0.130 e. The van der Waals surface area contributed by atoms with Crippen LogP contribution in [0, 0.1) is 17.3 Å². The highest BCUT2D eigenvalue weighted by atomic mass is 16.4. The van der Waals surface area contributed by atoms with Crippen molar-refractivity contribution in [3.8, 4) is 0 Å². The molecule has 3 unspecified atom stereocenters. The van der Waals surface area contributed by atoms with E-state index in [0.29, 0.717) is 12.3 Å². The van der Waals surface area contributed by atoms with E-state index in [1.807, 2.05) is 0 Å². The van der Waals surface area contributed by atoms with Crippen molar-refractivity contribution in [2.75, 3.05) is 0 Å². The van der Waals surface area contributed by atoms with Gasteiger partial charge in [0, 0.05) is 11.9 Å². The Hall–Kier alpha value is -1.64. The molecule has 3 heteroatoms.